The molecule has 1 aromatic carbocycles. The fraction of sp³-hybridized carbons (Fsp3) is 0.333. The minimum absolute atomic E-state index is 0.0382. The van der Waals surface area contributed by atoms with Gasteiger partial charge in [0.15, 0.2) is 5.78 Å². The molecular weight excluding hydrogens is 385 g/mol. The number of carbonyl (C=O) groups is 2. The molecule has 2 heterocycles. The molecular formula is C21H19F3N2O3. The number of amides is 1. The summed E-state index contributed by atoms with van der Waals surface area (Å²) in [7, 11) is 0. The van der Waals surface area contributed by atoms with Crippen molar-refractivity contribution < 1.29 is 27.2 Å². The number of Topliss-reactive ketones (excluding diaryl/α,β-unsaturated/α-hetero) is 1. The highest BCUT2D eigenvalue weighted by Gasteiger charge is 2.51. The molecule has 1 amide bonds. The monoisotopic (exact) mass is 404 g/mol. The average Bonchev–Trinajstić information content (AvgIpc) is 3.09. The number of furan rings is 1. The molecule has 0 fully saturated rings. The Morgan fingerprint density at radius 3 is 2.55 bits per heavy atom. The lowest BCUT2D eigenvalue weighted by atomic mass is 9.74. The van der Waals surface area contributed by atoms with E-state index in [1.165, 1.54) is 24.5 Å². The van der Waals surface area contributed by atoms with E-state index in [0.29, 0.717) is 22.7 Å². The quantitative estimate of drug-likeness (QED) is 0.728. The van der Waals surface area contributed by atoms with E-state index in [9.17, 15) is 22.8 Å². The van der Waals surface area contributed by atoms with Crippen molar-refractivity contribution >= 4 is 23.1 Å². The highest BCUT2D eigenvalue weighted by Crippen LogP contribution is 2.49. The summed E-state index contributed by atoms with van der Waals surface area (Å²) >= 11 is 0. The molecule has 5 nitrogen and oxygen atoms in total. The number of para-hydroxylation sites is 2. The number of hydrogen-bond acceptors (Lipinski definition) is 4. The van der Waals surface area contributed by atoms with Crippen molar-refractivity contribution in [3.63, 3.8) is 0 Å². The molecule has 0 saturated carbocycles. The Morgan fingerprint density at radius 1 is 1.17 bits per heavy atom. The number of halogens is 3. The molecule has 0 spiro atoms. The third kappa shape index (κ3) is 3.32. The van der Waals surface area contributed by atoms with Crippen molar-refractivity contribution in [3.8, 4) is 0 Å². The SMILES string of the molecule is CC1(C)CC(=O)C2=C(C1)Nc1ccccc1N(C(=O)C(F)(F)F)[C@@H]2c1ccco1. The molecule has 152 valence electrons. The van der Waals surface area contributed by atoms with E-state index in [1.54, 1.807) is 18.2 Å². The first kappa shape index (κ1) is 19.3. The summed E-state index contributed by atoms with van der Waals surface area (Å²) in [4.78, 5) is 26.3. The van der Waals surface area contributed by atoms with Gasteiger partial charge in [-0.15, -0.1) is 0 Å². The predicted octanol–water partition coefficient (Wildman–Crippen LogP) is 4.98. The van der Waals surface area contributed by atoms with Crippen molar-refractivity contribution in [1.29, 1.82) is 0 Å². The van der Waals surface area contributed by atoms with Crippen LogP contribution in [0.1, 0.15) is 38.5 Å². The van der Waals surface area contributed by atoms with E-state index in [1.807, 2.05) is 13.8 Å². The van der Waals surface area contributed by atoms with Crippen LogP contribution in [0.4, 0.5) is 24.5 Å². The molecule has 2 aliphatic rings. The van der Waals surface area contributed by atoms with E-state index < -0.39 is 18.1 Å². The number of nitrogens with zero attached hydrogens (tertiary/aromatic N) is 1. The Hall–Kier alpha value is -3.03. The second kappa shape index (κ2) is 6.50. The molecule has 1 atom stereocenters. The molecule has 4 rings (SSSR count). The first-order chi connectivity index (χ1) is 13.6. The summed E-state index contributed by atoms with van der Waals surface area (Å²) in [6.45, 7) is 3.85. The Morgan fingerprint density at radius 2 is 1.90 bits per heavy atom. The van der Waals surface area contributed by atoms with Crippen molar-refractivity contribution in [2.24, 2.45) is 5.41 Å². The standard InChI is InChI=1S/C21H19F3N2O3/c1-20(2)10-13-17(15(27)11-20)18(16-8-5-9-29-16)26(19(28)21(22,23)24)14-7-4-3-6-12(14)25-13/h3-9,18,25H,10-11H2,1-2H3/t18-/m1/s1. The van der Waals surface area contributed by atoms with Crippen LogP contribution in [0.25, 0.3) is 0 Å². The fourth-order valence-corrected chi connectivity index (χ4v) is 4.06. The van der Waals surface area contributed by atoms with Gasteiger partial charge in [0, 0.05) is 17.7 Å². The largest absolute Gasteiger partial charge is 0.471 e. The predicted molar refractivity (Wildman–Crippen MR) is 100 cm³/mol. The molecule has 2 aromatic rings. The van der Waals surface area contributed by atoms with Gasteiger partial charge in [0.2, 0.25) is 0 Å². The lowest BCUT2D eigenvalue weighted by molar-refractivity contribution is -0.171. The van der Waals surface area contributed by atoms with Gasteiger partial charge in [-0.1, -0.05) is 26.0 Å². The third-order valence-corrected chi connectivity index (χ3v) is 5.17. The highest BCUT2D eigenvalue weighted by atomic mass is 19.4. The highest BCUT2D eigenvalue weighted by molar-refractivity contribution is 6.07. The fourth-order valence-electron chi connectivity index (χ4n) is 4.06. The zero-order valence-corrected chi connectivity index (χ0v) is 15.8. The molecule has 0 radical (unpaired) electrons. The van der Waals surface area contributed by atoms with Crippen LogP contribution >= 0.6 is 0 Å². The number of hydrogen-bond donors (Lipinski definition) is 1. The Kier molecular flexibility index (Phi) is 4.33. The van der Waals surface area contributed by atoms with Crippen LogP contribution in [0, 0.1) is 5.41 Å². The minimum Gasteiger partial charge on any atom is -0.467 e. The Bertz CT molecular complexity index is 1010. The summed E-state index contributed by atoms with van der Waals surface area (Å²) in [5, 5.41) is 3.13. The lowest BCUT2D eigenvalue weighted by Crippen LogP contribution is -2.45. The van der Waals surface area contributed by atoms with E-state index in [4.69, 9.17) is 4.42 Å². The molecule has 0 unspecified atom stereocenters. The van der Waals surface area contributed by atoms with Gasteiger partial charge in [0.1, 0.15) is 11.8 Å². The van der Waals surface area contributed by atoms with Gasteiger partial charge in [-0.05, 0) is 36.1 Å². The normalized spacial score (nSPS) is 21.2. The summed E-state index contributed by atoms with van der Waals surface area (Å²) in [5.41, 5.74) is 0.647. The summed E-state index contributed by atoms with van der Waals surface area (Å²) in [5.74, 6) is -2.26. The van der Waals surface area contributed by atoms with Crippen molar-refractivity contribution in [3.05, 3.63) is 59.7 Å². The topological polar surface area (TPSA) is 62.6 Å². The zero-order valence-electron chi connectivity index (χ0n) is 15.8. The van der Waals surface area contributed by atoms with Gasteiger partial charge >= 0.3 is 12.1 Å². The minimum atomic E-state index is -5.12. The Balaban J connectivity index is 2.02. The van der Waals surface area contributed by atoms with Gasteiger partial charge in [0.05, 0.1) is 17.6 Å². The molecule has 0 bridgehead atoms. The van der Waals surface area contributed by atoms with Gasteiger partial charge < -0.3 is 9.73 Å². The number of fused-ring (bicyclic) bond motifs is 1. The molecule has 8 heteroatoms. The summed E-state index contributed by atoms with van der Waals surface area (Å²) in [6, 6.07) is 7.91. The van der Waals surface area contributed by atoms with E-state index in [2.05, 4.69) is 5.32 Å². The Labute approximate surface area is 165 Å². The summed E-state index contributed by atoms with van der Waals surface area (Å²) in [6.07, 6.45) is -3.20. The van der Waals surface area contributed by atoms with Gasteiger partial charge in [-0.25, -0.2) is 0 Å². The molecule has 1 aliphatic carbocycles. The second-order valence-corrected chi connectivity index (χ2v) is 8.07. The summed E-state index contributed by atoms with van der Waals surface area (Å²) < 4.78 is 46.1. The van der Waals surface area contributed by atoms with Crippen LogP contribution in [0.5, 0.6) is 0 Å². The van der Waals surface area contributed by atoms with Crippen LogP contribution in [-0.2, 0) is 9.59 Å². The van der Waals surface area contributed by atoms with Crippen molar-refractivity contribution in [2.75, 3.05) is 10.2 Å². The third-order valence-electron chi connectivity index (χ3n) is 5.17. The number of ketones is 1. The first-order valence-corrected chi connectivity index (χ1v) is 9.14. The number of rotatable bonds is 1. The van der Waals surface area contributed by atoms with Crippen LogP contribution < -0.4 is 10.2 Å². The maximum absolute atomic E-state index is 13.6. The van der Waals surface area contributed by atoms with Gasteiger partial charge in [-0.2, -0.15) is 13.2 Å². The number of benzene rings is 1. The van der Waals surface area contributed by atoms with E-state index in [0.717, 1.165) is 0 Å². The van der Waals surface area contributed by atoms with E-state index >= 15 is 0 Å². The maximum atomic E-state index is 13.6. The molecule has 1 aliphatic heterocycles. The number of carbonyl (C=O) groups excluding carboxylic acids is 2. The second-order valence-electron chi connectivity index (χ2n) is 8.07. The lowest BCUT2D eigenvalue weighted by Gasteiger charge is -2.36. The van der Waals surface area contributed by atoms with E-state index in [-0.39, 0.29) is 34.6 Å². The number of allylic oxidation sites excluding steroid dienone is 1. The van der Waals surface area contributed by atoms with Crippen molar-refractivity contribution in [1.82, 2.24) is 0 Å². The molecule has 29 heavy (non-hydrogen) atoms. The molecule has 1 aromatic heterocycles. The van der Waals surface area contributed by atoms with Gasteiger partial charge in [0.25, 0.3) is 0 Å². The van der Waals surface area contributed by atoms with Crippen LogP contribution in [0.2, 0.25) is 0 Å². The van der Waals surface area contributed by atoms with Gasteiger partial charge in [-0.3, -0.25) is 14.5 Å². The molecule has 1 N–H and O–H groups in total. The van der Waals surface area contributed by atoms with Crippen molar-refractivity contribution in [2.45, 2.75) is 38.9 Å². The van der Waals surface area contributed by atoms with Crippen LogP contribution in [0.15, 0.2) is 58.3 Å². The maximum Gasteiger partial charge on any atom is 0.471 e. The first-order valence-electron chi connectivity index (χ1n) is 9.14. The average molecular weight is 404 g/mol. The number of nitrogens with one attached hydrogen (secondary N) is 1. The number of alkyl halides is 3. The number of anilines is 2. The zero-order chi connectivity index (χ0) is 21.0. The van der Waals surface area contributed by atoms with Crippen LogP contribution in [-0.4, -0.2) is 17.9 Å². The van der Waals surface area contributed by atoms with Crippen LogP contribution in [0.3, 0.4) is 0 Å². The smallest absolute Gasteiger partial charge is 0.467 e. The molecule has 0 saturated heterocycles.